The highest BCUT2D eigenvalue weighted by molar-refractivity contribution is 6.30. The van der Waals surface area contributed by atoms with Gasteiger partial charge in [-0.3, -0.25) is 0 Å². The maximum atomic E-state index is 9.79. The van der Waals surface area contributed by atoms with E-state index in [2.05, 4.69) is 0 Å². The van der Waals surface area contributed by atoms with Gasteiger partial charge in [-0.2, -0.15) is 0 Å². The Morgan fingerprint density at radius 3 is 2.94 bits per heavy atom. The van der Waals surface area contributed by atoms with Crippen molar-refractivity contribution < 1.29 is 9.84 Å². The summed E-state index contributed by atoms with van der Waals surface area (Å²) in [6, 6.07) is 5.43. The second kappa shape index (κ2) is 3.42. The van der Waals surface area contributed by atoms with E-state index in [0.717, 1.165) is 10.8 Å². The molecule has 16 heavy (non-hydrogen) atoms. The van der Waals surface area contributed by atoms with Gasteiger partial charge in [0, 0.05) is 10.6 Å². The average molecular weight is 233 g/mol. The van der Waals surface area contributed by atoms with E-state index in [1.54, 1.807) is 6.07 Å². The predicted molar refractivity (Wildman–Crippen MR) is 63.3 cm³/mol. The lowest BCUT2D eigenvalue weighted by Gasteiger charge is -2.22. The lowest BCUT2D eigenvalue weighted by molar-refractivity contribution is 0.162. The van der Waals surface area contributed by atoms with E-state index >= 15 is 0 Å². The third-order valence-corrected chi connectivity index (χ3v) is 2.98. The summed E-state index contributed by atoms with van der Waals surface area (Å²) in [6.45, 7) is 0. The first-order valence-corrected chi connectivity index (χ1v) is 5.38. The zero-order valence-electron chi connectivity index (χ0n) is 8.35. The lowest BCUT2D eigenvalue weighted by Crippen LogP contribution is -2.38. The number of allylic oxidation sites excluding steroid dienone is 2. The molecule has 0 saturated heterocycles. The fraction of sp³-hybridized carbons (Fsp3) is 0.0769. The van der Waals surface area contributed by atoms with E-state index in [1.165, 1.54) is 0 Å². The van der Waals surface area contributed by atoms with Crippen molar-refractivity contribution in [3.8, 4) is 0 Å². The third-order valence-electron chi connectivity index (χ3n) is 2.74. The molecule has 1 N–H and O–H groups in total. The van der Waals surface area contributed by atoms with Crippen LogP contribution in [0.5, 0.6) is 0 Å². The summed E-state index contributed by atoms with van der Waals surface area (Å²) in [5.74, 6) is -0.0637. The van der Waals surface area contributed by atoms with Gasteiger partial charge >= 0.3 is 0 Å². The van der Waals surface area contributed by atoms with Crippen molar-refractivity contribution in [1.29, 1.82) is 0 Å². The van der Waals surface area contributed by atoms with E-state index in [1.807, 2.05) is 36.4 Å². The van der Waals surface area contributed by atoms with Gasteiger partial charge in [0.25, 0.3) is 5.95 Å². The Hall–Kier alpha value is -1.67. The number of aliphatic hydroxyl groups is 1. The monoisotopic (exact) mass is 232 g/mol. The average Bonchev–Trinajstić information content (AvgIpc) is 2.29. The molecule has 0 fully saturated rings. The van der Waals surface area contributed by atoms with Gasteiger partial charge in [0.05, 0.1) is 5.22 Å². The first kappa shape index (κ1) is 9.55. The second-order valence-corrected chi connectivity index (χ2v) is 4.17. The molecule has 1 aliphatic heterocycles. The quantitative estimate of drug-likeness (QED) is 0.737. The summed E-state index contributed by atoms with van der Waals surface area (Å²) >= 11 is 5.90. The van der Waals surface area contributed by atoms with Gasteiger partial charge < -0.3 is 9.84 Å². The van der Waals surface area contributed by atoms with Crippen LogP contribution in [-0.2, 0) is 4.74 Å². The molecule has 1 atom stereocenters. The normalized spacial score (nSPS) is 21.4. The van der Waals surface area contributed by atoms with Crippen LogP contribution in [0.4, 0.5) is 0 Å². The zero-order chi connectivity index (χ0) is 11.1. The molecule has 1 aliphatic carbocycles. The van der Waals surface area contributed by atoms with Crippen LogP contribution in [0.15, 0.2) is 42.5 Å². The van der Waals surface area contributed by atoms with Crippen molar-refractivity contribution in [2.24, 2.45) is 0 Å². The Kier molecular flexibility index (Phi) is 2.04. The van der Waals surface area contributed by atoms with Crippen molar-refractivity contribution in [3.63, 3.8) is 0 Å². The Morgan fingerprint density at radius 2 is 2.06 bits per heavy atom. The molecule has 3 rings (SSSR count). The summed E-state index contributed by atoms with van der Waals surface area (Å²) in [6.07, 6.45) is 7.56. The Bertz CT molecular complexity index is 626. The third kappa shape index (κ3) is 1.34. The molecule has 0 aromatic heterocycles. The molecule has 1 unspecified atom stereocenters. The Morgan fingerprint density at radius 1 is 1.19 bits per heavy atom. The molecule has 1 heterocycles. The summed E-state index contributed by atoms with van der Waals surface area (Å²) in [7, 11) is 0. The molecule has 0 radical (unpaired) electrons. The number of hydrogen-bond donors (Lipinski definition) is 1. The second-order valence-electron chi connectivity index (χ2n) is 3.73. The van der Waals surface area contributed by atoms with Crippen LogP contribution in [0.2, 0.25) is 5.02 Å². The van der Waals surface area contributed by atoms with Crippen molar-refractivity contribution in [2.45, 2.75) is 6.10 Å². The van der Waals surface area contributed by atoms with Crippen LogP contribution < -0.4 is 10.4 Å². The smallest absolute Gasteiger partial charge is 0.285 e. The van der Waals surface area contributed by atoms with Crippen LogP contribution in [0.1, 0.15) is 0 Å². The molecule has 0 amide bonds. The number of benzene rings is 1. The van der Waals surface area contributed by atoms with Crippen LogP contribution >= 0.6 is 11.6 Å². The highest BCUT2D eigenvalue weighted by atomic mass is 35.5. The van der Waals surface area contributed by atoms with E-state index in [9.17, 15) is 5.11 Å². The maximum absolute atomic E-state index is 9.79. The molecule has 0 bridgehead atoms. The molecule has 2 nitrogen and oxygen atoms in total. The van der Waals surface area contributed by atoms with Crippen LogP contribution in [0.3, 0.4) is 0 Å². The van der Waals surface area contributed by atoms with E-state index in [-0.39, 0.29) is 12.0 Å². The maximum Gasteiger partial charge on any atom is 0.285 e. The van der Waals surface area contributed by atoms with E-state index in [0.29, 0.717) is 10.2 Å². The fourth-order valence-corrected chi connectivity index (χ4v) is 2.17. The van der Waals surface area contributed by atoms with E-state index in [4.69, 9.17) is 16.3 Å². The van der Waals surface area contributed by atoms with Gasteiger partial charge in [-0.25, -0.2) is 0 Å². The van der Waals surface area contributed by atoms with Crippen molar-refractivity contribution >= 4 is 23.1 Å². The van der Waals surface area contributed by atoms with Crippen LogP contribution in [0.25, 0.3) is 11.5 Å². The summed E-state index contributed by atoms with van der Waals surface area (Å²) in [4.78, 5) is 0. The number of ether oxygens (including phenoxy) is 1. The molecule has 80 valence electrons. The van der Waals surface area contributed by atoms with Gasteiger partial charge in [-0.15, -0.1) is 0 Å². The first-order valence-electron chi connectivity index (χ1n) is 5.00. The van der Waals surface area contributed by atoms with Gasteiger partial charge in [-0.1, -0.05) is 35.9 Å². The lowest BCUT2D eigenvalue weighted by atomic mass is 9.99. The van der Waals surface area contributed by atoms with Crippen LogP contribution in [0, 0.1) is 0 Å². The largest absolute Gasteiger partial charge is 0.481 e. The highest BCUT2D eigenvalue weighted by Crippen LogP contribution is 2.19. The summed E-state index contributed by atoms with van der Waals surface area (Å²) < 4.78 is 5.41. The van der Waals surface area contributed by atoms with Gasteiger partial charge in [0.1, 0.15) is 6.10 Å². The minimum atomic E-state index is -0.196. The molecular weight excluding hydrogens is 224 g/mol. The Balaban J connectivity index is 2.43. The molecule has 1 aromatic rings. The fourth-order valence-electron chi connectivity index (χ4n) is 2.00. The molecular formula is C13H9ClO2. The standard InChI is InChI=1S/C13H9ClO2/c14-8-5-6-9-10-3-1-2-4-12(10)16-13(15)11(9)7-8/h1-7,12,15H. The number of rotatable bonds is 0. The topological polar surface area (TPSA) is 29.5 Å². The van der Waals surface area contributed by atoms with E-state index < -0.39 is 0 Å². The number of aliphatic hydroxyl groups excluding tert-OH is 1. The van der Waals surface area contributed by atoms with Crippen LogP contribution in [-0.4, -0.2) is 11.2 Å². The molecule has 0 saturated carbocycles. The predicted octanol–water partition coefficient (Wildman–Crippen LogP) is 1.64. The van der Waals surface area contributed by atoms with Gasteiger partial charge in [0.2, 0.25) is 0 Å². The summed E-state index contributed by atoms with van der Waals surface area (Å²) in [5.41, 5.74) is 1.05. The van der Waals surface area contributed by atoms with Crippen molar-refractivity contribution in [1.82, 2.24) is 0 Å². The minimum Gasteiger partial charge on any atom is -0.481 e. The minimum absolute atomic E-state index is 0.0637. The van der Waals surface area contributed by atoms with Gasteiger partial charge in [-0.05, 0) is 23.4 Å². The SMILES string of the molecule is OC1=c2cc(Cl)ccc2=C2C=CC=CC2O1. The van der Waals surface area contributed by atoms with Crippen molar-refractivity contribution in [3.05, 3.63) is 58.0 Å². The number of hydrogen-bond acceptors (Lipinski definition) is 2. The summed E-state index contributed by atoms with van der Waals surface area (Å²) in [5, 5.41) is 12.0. The molecule has 1 aromatic carbocycles. The Labute approximate surface area is 97.4 Å². The molecule has 3 heteroatoms. The molecule has 2 aliphatic rings. The van der Waals surface area contributed by atoms with Gasteiger partial charge in [0.15, 0.2) is 0 Å². The number of halogens is 1. The van der Waals surface area contributed by atoms with Crippen molar-refractivity contribution in [2.75, 3.05) is 0 Å². The first-order chi connectivity index (χ1) is 7.75. The molecule has 0 spiro atoms. The number of fused-ring (bicyclic) bond motifs is 2. The zero-order valence-corrected chi connectivity index (χ0v) is 9.11. The highest BCUT2D eigenvalue weighted by Gasteiger charge is 2.20.